The Labute approximate surface area is 134 Å². The number of piperidine rings is 1. The largest absolute Gasteiger partial charge is 0.342 e. The molecule has 2 nitrogen and oxygen atoms in total. The topological polar surface area (TPSA) is 20.3 Å². The van der Waals surface area contributed by atoms with Crippen LogP contribution in [-0.2, 0) is 11.2 Å². The van der Waals surface area contributed by atoms with E-state index in [1.807, 2.05) is 23.1 Å². The van der Waals surface area contributed by atoms with Gasteiger partial charge in [0.15, 0.2) is 0 Å². The van der Waals surface area contributed by atoms with Gasteiger partial charge in [0.05, 0.1) is 5.25 Å². The van der Waals surface area contributed by atoms with E-state index < -0.39 is 0 Å². The van der Waals surface area contributed by atoms with Crippen LogP contribution < -0.4 is 0 Å². The standard InChI is InChI=1S/C18H27NOS/c1-3-18(4-2)10-12-19(13-11-18)17(20)16(21)14-15-8-6-5-7-9-15/h5-9,16,21H,3-4,10-14H2,1-2H3. The van der Waals surface area contributed by atoms with Gasteiger partial charge < -0.3 is 4.90 Å². The van der Waals surface area contributed by atoms with Crippen molar-refractivity contribution in [2.75, 3.05) is 13.1 Å². The van der Waals surface area contributed by atoms with E-state index in [9.17, 15) is 4.79 Å². The fourth-order valence-electron chi connectivity index (χ4n) is 3.29. The average Bonchev–Trinajstić information content (AvgIpc) is 2.55. The van der Waals surface area contributed by atoms with Crippen LogP contribution in [0.3, 0.4) is 0 Å². The van der Waals surface area contributed by atoms with Crippen molar-refractivity contribution in [3.8, 4) is 0 Å². The Kier molecular flexibility index (Phi) is 5.74. The molecule has 0 spiro atoms. The van der Waals surface area contributed by atoms with Gasteiger partial charge in [0.25, 0.3) is 0 Å². The number of carbonyl (C=O) groups is 1. The first-order chi connectivity index (χ1) is 10.1. The molecule has 21 heavy (non-hydrogen) atoms. The second kappa shape index (κ2) is 7.35. The van der Waals surface area contributed by atoms with Crippen LogP contribution in [0.15, 0.2) is 30.3 Å². The van der Waals surface area contributed by atoms with Crippen molar-refractivity contribution in [3.63, 3.8) is 0 Å². The predicted molar refractivity (Wildman–Crippen MR) is 91.7 cm³/mol. The molecule has 1 aliphatic heterocycles. The molecule has 0 radical (unpaired) electrons. The lowest BCUT2D eigenvalue weighted by Crippen LogP contribution is -2.46. The van der Waals surface area contributed by atoms with Crippen LogP contribution in [0.2, 0.25) is 0 Å². The molecule has 1 aromatic carbocycles. The minimum absolute atomic E-state index is 0.197. The van der Waals surface area contributed by atoms with E-state index in [1.165, 1.54) is 18.4 Å². The summed E-state index contributed by atoms with van der Waals surface area (Å²) in [6, 6.07) is 10.1. The number of amides is 1. The third-order valence-corrected chi connectivity index (χ3v) is 5.60. The number of hydrogen-bond acceptors (Lipinski definition) is 2. The molecule has 1 amide bonds. The van der Waals surface area contributed by atoms with E-state index in [2.05, 4.69) is 38.6 Å². The number of hydrogen-bond donors (Lipinski definition) is 1. The van der Waals surface area contributed by atoms with Gasteiger partial charge in [0.2, 0.25) is 5.91 Å². The highest BCUT2D eigenvalue weighted by Gasteiger charge is 2.34. The summed E-state index contributed by atoms with van der Waals surface area (Å²) in [5.74, 6) is 0.197. The number of rotatable bonds is 5. The molecule has 0 aromatic heterocycles. The number of benzene rings is 1. The summed E-state index contributed by atoms with van der Waals surface area (Å²) in [7, 11) is 0. The van der Waals surface area contributed by atoms with E-state index in [0.717, 1.165) is 25.9 Å². The number of nitrogens with zero attached hydrogens (tertiary/aromatic N) is 1. The average molecular weight is 305 g/mol. The van der Waals surface area contributed by atoms with Gasteiger partial charge in [-0.1, -0.05) is 57.0 Å². The van der Waals surface area contributed by atoms with Crippen LogP contribution in [0.4, 0.5) is 0 Å². The molecule has 1 saturated heterocycles. The predicted octanol–water partition coefficient (Wildman–Crippen LogP) is 3.96. The SMILES string of the molecule is CCC1(CC)CCN(C(=O)C(S)Cc2ccccc2)CC1. The Morgan fingerprint density at radius 3 is 2.29 bits per heavy atom. The molecule has 1 unspecified atom stereocenters. The van der Waals surface area contributed by atoms with Crippen LogP contribution in [-0.4, -0.2) is 29.1 Å². The lowest BCUT2D eigenvalue weighted by molar-refractivity contribution is -0.133. The molecule has 1 aliphatic rings. The van der Waals surface area contributed by atoms with Gasteiger partial charge in [-0.25, -0.2) is 0 Å². The molecular weight excluding hydrogens is 278 g/mol. The zero-order valence-corrected chi connectivity index (χ0v) is 14.1. The summed E-state index contributed by atoms with van der Waals surface area (Å²) in [4.78, 5) is 14.6. The zero-order valence-electron chi connectivity index (χ0n) is 13.2. The van der Waals surface area contributed by atoms with Crippen molar-refractivity contribution in [2.45, 2.75) is 51.2 Å². The smallest absolute Gasteiger partial charge is 0.235 e. The second-order valence-corrected chi connectivity index (χ2v) is 6.86. The third-order valence-electron chi connectivity index (χ3n) is 5.19. The van der Waals surface area contributed by atoms with Crippen molar-refractivity contribution in [1.82, 2.24) is 4.90 Å². The summed E-state index contributed by atoms with van der Waals surface area (Å²) in [5.41, 5.74) is 1.64. The summed E-state index contributed by atoms with van der Waals surface area (Å²) in [6.07, 6.45) is 5.43. The van der Waals surface area contributed by atoms with Crippen molar-refractivity contribution >= 4 is 18.5 Å². The molecule has 0 saturated carbocycles. The van der Waals surface area contributed by atoms with E-state index in [4.69, 9.17) is 0 Å². The van der Waals surface area contributed by atoms with Gasteiger partial charge in [0, 0.05) is 13.1 Å². The van der Waals surface area contributed by atoms with E-state index in [-0.39, 0.29) is 11.2 Å². The Bertz CT molecular complexity index is 446. The molecule has 116 valence electrons. The lowest BCUT2D eigenvalue weighted by atomic mass is 9.74. The highest BCUT2D eigenvalue weighted by Crippen LogP contribution is 2.38. The first kappa shape index (κ1) is 16.4. The van der Waals surface area contributed by atoms with Crippen molar-refractivity contribution < 1.29 is 4.79 Å². The first-order valence-corrected chi connectivity index (χ1v) is 8.62. The fraction of sp³-hybridized carbons (Fsp3) is 0.611. The Morgan fingerprint density at radius 2 is 1.76 bits per heavy atom. The molecule has 1 aromatic rings. The monoisotopic (exact) mass is 305 g/mol. The van der Waals surface area contributed by atoms with E-state index in [1.54, 1.807) is 0 Å². The quantitative estimate of drug-likeness (QED) is 0.817. The molecule has 0 bridgehead atoms. The van der Waals surface area contributed by atoms with Gasteiger partial charge in [-0.05, 0) is 30.2 Å². The highest BCUT2D eigenvalue weighted by atomic mass is 32.1. The summed E-state index contributed by atoms with van der Waals surface area (Å²) >= 11 is 4.54. The summed E-state index contributed by atoms with van der Waals surface area (Å²) in [6.45, 7) is 6.34. The molecule has 3 heteroatoms. The van der Waals surface area contributed by atoms with Gasteiger partial charge in [-0.15, -0.1) is 0 Å². The molecular formula is C18H27NOS. The fourth-order valence-corrected chi connectivity index (χ4v) is 3.67. The first-order valence-electron chi connectivity index (χ1n) is 8.11. The van der Waals surface area contributed by atoms with Gasteiger partial charge in [0.1, 0.15) is 0 Å². The zero-order chi connectivity index (χ0) is 15.3. The maximum Gasteiger partial charge on any atom is 0.235 e. The second-order valence-electron chi connectivity index (χ2n) is 6.24. The van der Waals surface area contributed by atoms with E-state index in [0.29, 0.717) is 11.8 Å². The highest BCUT2D eigenvalue weighted by molar-refractivity contribution is 7.81. The third kappa shape index (κ3) is 4.03. The molecule has 0 aliphatic carbocycles. The van der Waals surface area contributed by atoms with Crippen LogP contribution in [0.5, 0.6) is 0 Å². The molecule has 2 rings (SSSR count). The number of likely N-dealkylation sites (tertiary alicyclic amines) is 1. The minimum atomic E-state index is -0.219. The molecule has 1 fully saturated rings. The number of thiol groups is 1. The van der Waals surface area contributed by atoms with Crippen LogP contribution in [0, 0.1) is 5.41 Å². The lowest BCUT2D eigenvalue weighted by Gasteiger charge is -2.41. The van der Waals surface area contributed by atoms with Crippen molar-refractivity contribution in [1.29, 1.82) is 0 Å². The maximum absolute atomic E-state index is 12.5. The van der Waals surface area contributed by atoms with E-state index >= 15 is 0 Å². The minimum Gasteiger partial charge on any atom is -0.342 e. The van der Waals surface area contributed by atoms with Gasteiger partial charge in [-0.3, -0.25) is 4.79 Å². The van der Waals surface area contributed by atoms with Gasteiger partial charge >= 0.3 is 0 Å². The Hall–Kier alpha value is -0.960. The van der Waals surface area contributed by atoms with Crippen molar-refractivity contribution in [3.05, 3.63) is 35.9 Å². The van der Waals surface area contributed by atoms with Crippen LogP contribution in [0.25, 0.3) is 0 Å². The van der Waals surface area contributed by atoms with Crippen molar-refractivity contribution in [2.24, 2.45) is 5.41 Å². The van der Waals surface area contributed by atoms with Gasteiger partial charge in [-0.2, -0.15) is 12.6 Å². The molecule has 0 N–H and O–H groups in total. The number of carbonyl (C=O) groups excluding carboxylic acids is 1. The Morgan fingerprint density at radius 1 is 1.19 bits per heavy atom. The molecule has 1 heterocycles. The van der Waals surface area contributed by atoms with Crippen LogP contribution >= 0.6 is 12.6 Å². The summed E-state index contributed by atoms with van der Waals surface area (Å²) in [5, 5.41) is -0.219. The molecule has 1 atom stereocenters. The normalized spacial score (nSPS) is 19.3. The summed E-state index contributed by atoms with van der Waals surface area (Å²) < 4.78 is 0. The Balaban J connectivity index is 1.89. The maximum atomic E-state index is 12.5. The van der Waals surface area contributed by atoms with Crippen LogP contribution in [0.1, 0.15) is 45.1 Å².